The molecule has 0 radical (unpaired) electrons. The number of carbonyl (C=O) groups excluding carboxylic acids is 1. The van der Waals surface area contributed by atoms with Crippen molar-refractivity contribution in [3.8, 4) is 0 Å². The van der Waals surface area contributed by atoms with Gasteiger partial charge in [-0.2, -0.15) is 0 Å². The van der Waals surface area contributed by atoms with Crippen LogP contribution in [-0.4, -0.2) is 17.9 Å². The van der Waals surface area contributed by atoms with Gasteiger partial charge in [0, 0.05) is 13.2 Å². The lowest BCUT2D eigenvalue weighted by Crippen LogP contribution is -2.17. The Morgan fingerprint density at radius 1 is 1.28 bits per heavy atom. The molecule has 2 rings (SSSR count). The van der Waals surface area contributed by atoms with Gasteiger partial charge in [-0.3, -0.25) is 9.78 Å². The first-order chi connectivity index (χ1) is 8.61. The monoisotopic (exact) mass is 242 g/mol. The fourth-order valence-corrected chi connectivity index (χ4v) is 1.75. The number of rotatable bonds is 3. The number of nitrogen functional groups attached to an aromatic ring is 1. The molecular weight excluding hydrogens is 228 g/mol. The molecule has 92 valence electrons. The first-order valence-electron chi connectivity index (χ1n) is 5.43. The Kier molecular flexibility index (Phi) is 3.14. The number of para-hydroxylation sites is 1. The molecule has 1 aromatic heterocycles. The summed E-state index contributed by atoms with van der Waals surface area (Å²) in [5.41, 5.74) is 13.5. The van der Waals surface area contributed by atoms with Gasteiger partial charge >= 0.3 is 0 Å². The van der Waals surface area contributed by atoms with Crippen LogP contribution in [0.1, 0.15) is 10.4 Å². The smallest absolute Gasteiger partial charge is 0.250 e. The van der Waals surface area contributed by atoms with E-state index in [9.17, 15) is 4.79 Å². The van der Waals surface area contributed by atoms with E-state index in [4.69, 9.17) is 11.5 Å². The van der Waals surface area contributed by atoms with Gasteiger partial charge in [0.2, 0.25) is 0 Å². The molecule has 5 heteroatoms. The van der Waals surface area contributed by atoms with E-state index in [1.807, 2.05) is 30.1 Å². The van der Waals surface area contributed by atoms with Crippen molar-refractivity contribution in [1.29, 1.82) is 0 Å². The number of anilines is 3. The Balaban J connectivity index is 2.46. The van der Waals surface area contributed by atoms with Crippen LogP contribution in [0.2, 0.25) is 0 Å². The quantitative estimate of drug-likeness (QED) is 0.799. The van der Waals surface area contributed by atoms with Crippen LogP contribution < -0.4 is 16.4 Å². The van der Waals surface area contributed by atoms with E-state index in [0.29, 0.717) is 11.3 Å². The van der Waals surface area contributed by atoms with Gasteiger partial charge in [-0.05, 0) is 24.3 Å². The van der Waals surface area contributed by atoms with Crippen LogP contribution in [0.25, 0.3) is 0 Å². The predicted octanol–water partition coefficient (Wildman–Crippen LogP) is 1.53. The Morgan fingerprint density at radius 3 is 2.67 bits per heavy atom. The third-order valence-corrected chi connectivity index (χ3v) is 2.74. The molecule has 0 aliphatic heterocycles. The van der Waals surface area contributed by atoms with Crippen LogP contribution in [0.4, 0.5) is 17.1 Å². The number of nitrogens with two attached hydrogens (primary N) is 2. The molecule has 5 nitrogen and oxygen atoms in total. The Hall–Kier alpha value is -2.56. The first-order valence-corrected chi connectivity index (χ1v) is 5.43. The minimum Gasteiger partial charge on any atom is -0.396 e. The number of aromatic nitrogens is 1. The van der Waals surface area contributed by atoms with Crippen molar-refractivity contribution >= 4 is 23.0 Å². The second-order valence-electron chi connectivity index (χ2n) is 3.87. The van der Waals surface area contributed by atoms with Gasteiger partial charge in [-0.1, -0.05) is 6.07 Å². The number of pyridine rings is 1. The van der Waals surface area contributed by atoms with Crippen molar-refractivity contribution in [3.05, 3.63) is 48.3 Å². The van der Waals surface area contributed by atoms with Crippen molar-refractivity contribution in [2.45, 2.75) is 0 Å². The molecule has 0 bridgehead atoms. The molecule has 0 aliphatic carbocycles. The zero-order chi connectivity index (χ0) is 13.1. The summed E-state index contributed by atoms with van der Waals surface area (Å²) >= 11 is 0. The lowest BCUT2D eigenvalue weighted by molar-refractivity contribution is 0.100. The van der Waals surface area contributed by atoms with Crippen molar-refractivity contribution in [2.75, 3.05) is 17.7 Å². The highest BCUT2D eigenvalue weighted by Crippen LogP contribution is 2.30. The first kappa shape index (κ1) is 11.9. The van der Waals surface area contributed by atoms with Crippen LogP contribution in [-0.2, 0) is 0 Å². The number of hydrogen-bond donors (Lipinski definition) is 2. The maximum absolute atomic E-state index is 11.2. The SMILES string of the molecule is CN(c1cccnc1)c1cccc(C(N)=O)c1N. The van der Waals surface area contributed by atoms with E-state index in [-0.39, 0.29) is 0 Å². The number of amides is 1. The Bertz CT molecular complexity index is 568. The normalized spacial score (nSPS) is 10.1. The molecule has 0 atom stereocenters. The second-order valence-corrected chi connectivity index (χ2v) is 3.87. The largest absolute Gasteiger partial charge is 0.396 e. The zero-order valence-electron chi connectivity index (χ0n) is 10.00. The standard InChI is InChI=1S/C13H14N4O/c1-17(9-4-3-7-16-8-9)11-6-2-5-10(12(11)14)13(15)18/h2-8H,14H2,1H3,(H2,15,18). The molecule has 0 unspecified atom stereocenters. The van der Waals surface area contributed by atoms with Crippen LogP contribution in [0, 0.1) is 0 Å². The summed E-state index contributed by atoms with van der Waals surface area (Å²) in [6, 6.07) is 8.93. The van der Waals surface area contributed by atoms with Crippen molar-refractivity contribution in [1.82, 2.24) is 4.98 Å². The van der Waals surface area contributed by atoms with Gasteiger partial charge in [0.1, 0.15) is 0 Å². The molecular formula is C13H14N4O. The van der Waals surface area contributed by atoms with Gasteiger partial charge in [-0.25, -0.2) is 0 Å². The fraction of sp³-hybridized carbons (Fsp3) is 0.0769. The van der Waals surface area contributed by atoms with Gasteiger partial charge < -0.3 is 16.4 Å². The molecule has 0 saturated carbocycles. The summed E-state index contributed by atoms with van der Waals surface area (Å²) in [7, 11) is 1.85. The summed E-state index contributed by atoms with van der Waals surface area (Å²) in [5.74, 6) is -0.533. The average molecular weight is 242 g/mol. The molecule has 0 aliphatic rings. The Morgan fingerprint density at radius 2 is 2.06 bits per heavy atom. The van der Waals surface area contributed by atoms with Gasteiger partial charge in [0.25, 0.3) is 5.91 Å². The molecule has 4 N–H and O–H groups in total. The molecule has 1 heterocycles. The van der Waals surface area contributed by atoms with E-state index >= 15 is 0 Å². The van der Waals surface area contributed by atoms with Gasteiger partial charge in [-0.15, -0.1) is 0 Å². The summed E-state index contributed by atoms with van der Waals surface area (Å²) in [4.78, 5) is 17.1. The number of benzene rings is 1. The van der Waals surface area contributed by atoms with E-state index in [1.54, 1.807) is 24.5 Å². The van der Waals surface area contributed by atoms with Crippen LogP contribution in [0.5, 0.6) is 0 Å². The van der Waals surface area contributed by atoms with E-state index in [0.717, 1.165) is 11.4 Å². The second kappa shape index (κ2) is 4.75. The van der Waals surface area contributed by atoms with E-state index in [1.165, 1.54) is 0 Å². The highest BCUT2D eigenvalue weighted by atomic mass is 16.1. The highest BCUT2D eigenvalue weighted by molar-refractivity contribution is 6.01. The lowest BCUT2D eigenvalue weighted by Gasteiger charge is -2.21. The fourth-order valence-electron chi connectivity index (χ4n) is 1.75. The molecule has 2 aromatic rings. The van der Waals surface area contributed by atoms with Crippen molar-refractivity contribution in [2.24, 2.45) is 5.73 Å². The summed E-state index contributed by atoms with van der Waals surface area (Å²) < 4.78 is 0. The molecule has 0 fully saturated rings. The molecule has 1 amide bonds. The van der Waals surface area contributed by atoms with Gasteiger partial charge in [0.05, 0.1) is 28.8 Å². The highest BCUT2D eigenvalue weighted by Gasteiger charge is 2.13. The minimum absolute atomic E-state index is 0.322. The minimum atomic E-state index is -0.533. The summed E-state index contributed by atoms with van der Waals surface area (Å²) in [5, 5.41) is 0. The third kappa shape index (κ3) is 2.10. The third-order valence-electron chi connectivity index (χ3n) is 2.74. The van der Waals surface area contributed by atoms with Gasteiger partial charge in [0.15, 0.2) is 0 Å². The zero-order valence-corrected chi connectivity index (χ0v) is 10.00. The number of carbonyl (C=O) groups is 1. The van der Waals surface area contributed by atoms with E-state index in [2.05, 4.69) is 4.98 Å². The molecule has 0 saturated heterocycles. The predicted molar refractivity (Wildman–Crippen MR) is 71.7 cm³/mol. The van der Waals surface area contributed by atoms with Crippen molar-refractivity contribution in [3.63, 3.8) is 0 Å². The average Bonchev–Trinajstić information content (AvgIpc) is 2.39. The maximum atomic E-state index is 11.2. The number of nitrogens with zero attached hydrogens (tertiary/aromatic N) is 2. The van der Waals surface area contributed by atoms with Crippen LogP contribution in [0.15, 0.2) is 42.7 Å². The molecule has 18 heavy (non-hydrogen) atoms. The molecule has 1 aromatic carbocycles. The van der Waals surface area contributed by atoms with Crippen molar-refractivity contribution < 1.29 is 4.79 Å². The van der Waals surface area contributed by atoms with E-state index < -0.39 is 5.91 Å². The Labute approximate surface area is 105 Å². The van der Waals surface area contributed by atoms with Crippen LogP contribution in [0.3, 0.4) is 0 Å². The lowest BCUT2D eigenvalue weighted by atomic mass is 10.1. The summed E-state index contributed by atoms with van der Waals surface area (Å²) in [6.07, 6.45) is 3.41. The molecule has 0 spiro atoms. The summed E-state index contributed by atoms with van der Waals surface area (Å²) in [6.45, 7) is 0. The maximum Gasteiger partial charge on any atom is 0.250 e. The topological polar surface area (TPSA) is 85.2 Å². The number of primary amides is 1. The van der Waals surface area contributed by atoms with Crippen LogP contribution >= 0.6 is 0 Å². The number of hydrogen-bond acceptors (Lipinski definition) is 4.